The predicted octanol–water partition coefficient (Wildman–Crippen LogP) is 4.26. The first-order valence-corrected chi connectivity index (χ1v) is 8.32. The summed E-state index contributed by atoms with van der Waals surface area (Å²) in [5.74, 6) is 0.324. The first-order chi connectivity index (χ1) is 11.8. The first-order valence-electron chi connectivity index (χ1n) is 7.44. The average molecular weight is 336 g/mol. The highest BCUT2D eigenvalue weighted by Crippen LogP contribution is 2.29. The molecule has 6 heteroatoms. The number of hydrogen-bond donors (Lipinski definition) is 0. The van der Waals surface area contributed by atoms with Gasteiger partial charge >= 0.3 is 0 Å². The molecule has 1 aromatic carbocycles. The van der Waals surface area contributed by atoms with E-state index >= 15 is 0 Å². The van der Waals surface area contributed by atoms with E-state index in [4.69, 9.17) is 0 Å². The quantitative estimate of drug-likeness (QED) is 0.559. The van der Waals surface area contributed by atoms with Crippen LogP contribution in [0.25, 0.3) is 22.1 Å². The molecule has 0 unspecified atom stereocenters. The van der Waals surface area contributed by atoms with Crippen LogP contribution in [0.15, 0.2) is 66.3 Å². The van der Waals surface area contributed by atoms with Crippen LogP contribution in [0.4, 0.5) is 4.39 Å². The van der Waals surface area contributed by atoms with Gasteiger partial charge in [-0.1, -0.05) is 24.3 Å². The molecule has 0 radical (unpaired) electrons. The Labute approximate surface area is 142 Å². The standard InChI is InChI=1S/C18H13FN4S/c19-14-6-2-1-5-13(14)12-23-16(17-7-3-10-24-17)11-15(22-23)18-20-8-4-9-21-18/h1-11H,12H2. The Morgan fingerprint density at radius 1 is 1.00 bits per heavy atom. The minimum Gasteiger partial charge on any atom is -0.259 e. The van der Waals surface area contributed by atoms with Gasteiger partial charge in [-0.05, 0) is 29.6 Å². The lowest BCUT2D eigenvalue weighted by molar-refractivity contribution is 0.587. The van der Waals surface area contributed by atoms with Crippen molar-refractivity contribution < 1.29 is 4.39 Å². The number of thiophene rings is 1. The zero-order valence-electron chi connectivity index (χ0n) is 12.6. The third-order valence-corrected chi connectivity index (χ3v) is 4.52. The third kappa shape index (κ3) is 2.83. The molecule has 0 amide bonds. The minimum atomic E-state index is -0.234. The first kappa shape index (κ1) is 14.7. The highest BCUT2D eigenvalue weighted by molar-refractivity contribution is 7.13. The van der Waals surface area contributed by atoms with Gasteiger partial charge in [0, 0.05) is 18.0 Å². The summed E-state index contributed by atoms with van der Waals surface area (Å²) >= 11 is 1.62. The summed E-state index contributed by atoms with van der Waals surface area (Å²) < 4.78 is 15.8. The van der Waals surface area contributed by atoms with E-state index in [0.29, 0.717) is 23.6 Å². The fourth-order valence-corrected chi connectivity index (χ4v) is 3.23. The molecule has 0 saturated heterocycles. The number of nitrogens with zero attached hydrogens (tertiary/aromatic N) is 4. The summed E-state index contributed by atoms with van der Waals surface area (Å²) in [5.41, 5.74) is 2.20. The molecule has 0 aliphatic rings. The van der Waals surface area contributed by atoms with Crippen molar-refractivity contribution >= 4 is 11.3 Å². The van der Waals surface area contributed by atoms with Crippen LogP contribution in [0.3, 0.4) is 0 Å². The maximum absolute atomic E-state index is 14.0. The normalized spacial score (nSPS) is 10.9. The summed E-state index contributed by atoms with van der Waals surface area (Å²) in [5, 5.41) is 6.61. The van der Waals surface area contributed by atoms with Crippen molar-refractivity contribution in [1.29, 1.82) is 0 Å². The summed E-state index contributed by atoms with van der Waals surface area (Å²) in [6, 6.07) is 14.5. The Balaban J connectivity index is 1.80. The second-order valence-corrected chi connectivity index (χ2v) is 6.16. The molecule has 0 bridgehead atoms. The summed E-state index contributed by atoms with van der Waals surface area (Å²) in [6.07, 6.45) is 3.37. The van der Waals surface area contributed by atoms with E-state index in [9.17, 15) is 4.39 Å². The van der Waals surface area contributed by atoms with Gasteiger partial charge in [0.25, 0.3) is 0 Å². The molecule has 3 heterocycles. The number of halogens is 1. The molecule has 0 aliphatic heterocycles. The molecule has 3 aromatic heterocycles. The van der Waals surface area contributed by atoms with E-state index in [1.54, 1.807) is 46.6 Å². The number of rotatable bonds is 4. The topological polar surface area (TPSA) is 43.6 Å². The molecule has 0 fully saturated rings. The molecule has 118 valence electrons. The molecule has 4 rings (SSSR count). The van der Waals surface area contributed by atoms with Gasteiger partial charge in [-0.25, -0.2) is 14.4 Å². The van der Waals surface area contributed by atoms with Gasteiger partial charge < -0.3 is 0 Å². The van der Waals surface area contributed by atoms with Crippen LogP contribution in [-0.4, -0.2) is 19.7 Å². The number of benzene rings is 1. The molecule has 0 aliphatic carbocycles. The van der Waals surface area contributed by atoms with Gasteiger partial charge in [-0.3, -0.25) is 4.68 Å². The van der Waals surface area contributed by atoms with Gasteiger partial charge in [0.05, 0.1) is 17.1 Å². The molecule has 4 nitrogen and oxygen atoms in total. The van der Waals surface area contributed by atoms with Crippen molar-refractivity contribution in [1.82, 2.24) is 19.7 Å². The van der Waals surface area contributed by atoms with Gasteiger partial charge in [-0.2, -0.15) is 5.10 Å². The van der Waals surface area contributed by atoms with Crippen molar-refractivity contribution in [2.75, 3.05) is 0 Å². The predicted molar refractivity (Wildman–Crippen MR) is 92.1 cm³/mol. The van der Waals surface area contributed by atoms with Crippen LogP contribution in [0.1, 0.15) is 5.56 Å². The van der Waals surface area contributed by atoms with E-state index < -0.39 is 0 Å². The van der Waals surface area contributed by atoms with Crippen LogP contribution in [-0.2, 0) is 6.54 Å². The van der Waals surface area contributed by atoms with Crippen molar-refractivity contribution in [3.63, 3.8) is 0 Å². The van der Waals surface area contributed by atoms with E-state index in [0.717, 1.165) is 10.6 Å². The fourth-order valence-electron chi connectivity index (χ4n) is 2.49. The summed E-state index contributed by atoms with van der Waals surface area (Å²) in [7, 11) is 0. The lowest BCUT2D eigenvalue weighted by atomic mass is 10.2. The van der Waals surface area contributed by atoms with Crippen LogP contribution >= 0.6 is 11.3 Å². The van der Waals surface area contributed by atoms with E-state index in [1.807, 2.05) is 29.6 Å². The number of hydrogen-bond acceptors (Lipinski definition) is 4. The molecule has 24 heavy (non-hydrogen) atoms. The van der Waals surface area contributed by atoms with Gasteiger partial charge in [-0.15, -0.1) is 11.3 Å². The van der Waals surface area contributed by atoms with E-state index in [2.05, 4.69) is 15.1 Å². The Hall–Kier alpha value is -2.86. The molecule has 0 saturated carbocycles. The Bertz CT molecular complexity index is 948. The minimum absolute atomic E-state index is 0.234. The Morgan fingerprint density at radius 2 is 1.83 bits per heavy atom. The highest BCUT2D eigenvalue weighted by atomic mass is 32.1. The van der Waals surface area contributed by atoms with Crippen molar-refractivity contribution in [3.05, 3.63) is 77.7 Å². The second kappa shape index (κ2) is 6.33. The maximum Gasteiger partial charge on any atom is 0.180 e. The monoisotopic (exact) mass is 336 g/mol. The third-order valence-electron chi connectivity index (χ3n) is 3.63. The van der Waals surface area contributed by atoms with Gasteiger partial charge in [0.2, 0.25) is 0 Å². The van der Waals surface area contributed by atoms with Crippen molar-refractivity contribution in [3.8, 4) is 22.1 Å². The molecule has 0 atom stereocenters. The van der Waals surface area contributed by atoms with E-state index in [-0.39, 0.29) is 5.82 Å². The Morgan fingerprint density at radius 3 is 2.58 bits per heavy atom. The van der Waals surface area contributed by atoms with Crippen molar-refractivity contribution in [2.24, 2.45) is 0 Å². The lowest BCUT2D eigenvalue weighted by Gasteiger charge is -2.07. The summed E-state index contributed by atoms with van der Waals surface area (Å²) in [6.45, 7) is 0.354. The molecule has 0 N–H and O–H groups in total. The smallest absolute Gasteiger partial charge is 0.180 e. The van der Waals surface area contributed by atoms with Crippen LogP contribution < -0.4 is 0 Å². The highest BCUT2D eigenvalue weighted by Gasteiger charge is 2.15. The van der Waals surface area contributed by atoms with Gasteiger partial charge in [0.15, 0.2) is 5.82 Å². The number of aromatic nitrogens is 4. The largest absolute Gasteiger partial charge is 0.259 e. The molecule has 0 spiro atoms. The fraction of sp³-hybridized carbons (Fsp3) is 0.0556. The summed E-state index contributed by atoms with van der Waals surface area (Å²) in [4.78, 5) is 9.57. The molecule has 4 aromatic rings. The maximum atomic E-state index is 14.0. The SMILES string of the molecule is Fc1ccccc1Cn1nc(-c2ncccn2)cc1-c1cccs1. The molecular weight excluding hydrogens is 323 g/mol. The van der Waals surface area contributed by atoms with Crippen LogP contribution in [0.2, 0.25) is 0 Å². The van der Waals surface area contributed by atoms with Crippen molar-refractivity contribution in [2.45, 2.75) is 6.54 Å². The zero-order chi connectivity index (χ0) is 16.4. The lowest BCUT2D eigenvalue weighted by Crippen LogP contribution is -2.05. The Kier molecular flexibility index (Phi) is 3.88. The van der Waals surface area contributed by atoms with E-state index in [1.165, 1.54) is 6.07 Å². The van der Waals surface area contributed by atoms with Gasteiger partial charge in [0.1, 0.15) is 11.5 Å². The average Bonchev–Trinajstić information content (AvgIpc) is 3.27. The van der Waals surface area contributed by atoms with Crippen LogP contribution in [0.5, 0.6) is 0 Å². The zero-order valence-corrected chi connectivity index (χ0v) is 13.4. The molecular formula is C18H13FN4S. The second-order valence-electron chi connectivity index (χ2n) is 5.21. The van der Waals surface area contributed by atoms with Crippen LogP contribution in [0, 0.1) is 5.82 Å².